The van der Waals surface area contributed by atoms with Crippen molar-refractivity contribution in [2.24, 2.45) is 0 Å². The Kier molecular flexibility index (Phi) is 6.82. The predicted octanol–water partition coefficient (Wildman–Crippen LogP) is 2.96. The van der Waals surface area contributed by atoms with Gasteiger partial charge in [0.1, 0.15) is 5.39 Å². The molecule has 1 atom stereocenters. The van der Waals surface area contributed by atoms with Crippen molar-refractivity contribution in [2.45, 2.75) is 38.8 Å². The number of hydrogen-bond donors (Lipinski definition) is 2. The molecule has 6 rings (SSSR count). The molecule has 0 spiro atoms. The van der Waals surface area contributed by atoms with Crippen LogP contribution in [0, 0.1) is 0 Å². The number of rotatable bonds is 7. The van der Waals surface area contributed by atoms with Crippen molar-refractivity contribution in [1.82, 2.24) is 34.5 Å². The summed E-state index contributed by atoms with van der Waals surface area (Å²) in [6, 6.07) is 12.1. The second-order valence-corrected chi connectivity index (χ2v) is 11.1. The van der Waals surface area contributed by atoms with Gasteiger partial charge >= 0.3 is 0 Å². The number of aromatic nitrogens is 5. The molecule has 0 unspecified atom stereocenters. The summed E-state index contributed by atoms with van der Waals surface area (Å²) in [5.41, 5.74) is 3.55. The molecule has 1 aromatic carbocycles. The lowest BCUT2D eigenvalue weighted by molar-refractivity contribution is -0.120. The molecule has 0 saturated carbocycles. The first-order chi connectivity index (χ1) is 19.8. The van der Waals surface area contributed by atoms with Crippen molar-refractivity contribution in [3.8, 4) is 5.82 Å². The van der Waals surface area contributed by atoms with Gasteiger partial charge in [-0.2, -0.15) is 4.98 Å². The molecule has 0 radical (unpaired) electrons. The molecule has 1 aliphatic heterocycles. The zero-order valence-corrected chi connectivity index (χ0v) is 23.7. The van der Waals surface area contributed by atoms with Gasteiger partial charge in [-0.15, -0.1) is 6.58 Å². The molecular weight excluding hydrogens is 518 g/mol. The minimum absolute atomic E-state index is 0.109. The largest absolute Gasteiger partial charge is 0.369 e. The van der Waals surface area contributed by atoms with E-state index in [1.54, 1.807) is 21.6 Å². The number of nitrogens with zero attached hydrogens (tertiary/aromatic N) is 7. The maximum Gasteiger partial charge on any atom is 0.278 e. The van der Waals surface area contributed by atoms with Gasteiger partial charge in [-0.3, -0.25) is 9.59 Å². The van der Waals surface area contributed by atoms with Crippen molar-refractivity contribution < 1.29 is 4.79 Å². The van der Waals surface area contributed by atoms with Crippen molar-refractivity contribution >= 4 is 34.3 Å². The quantitative estimate of drug-likeness (QED) is 0.336. The van der Waals surface area contributed by atoms with E-state index < -0.39 is 5.54 Å². The Bertz CT molecular complexity index is 1680. The predicted molar refractivity (Wildman–Crippen MR) is 160 cm³/mol. The number of carbonyl (C=O) groups is 1. The van der Waals surface area contributed by atoms with E-state index in [-0.39, 0.29) is 18.0 Å². The Hall–Kier alpha value is -4.51. The van der Waals surface area contributed by atoms with Gasteiger partial charge in [-0.1, -0.05) is 12.1 Å². The van der Waals surface area contributed by atoms with E-state index in [1.165, 1.54) is 12.6 Å². The first-order valence-electron chi connectivity index (χ1n) is 14.0. The molecular formula is C30H35N9O2. The number of amides is 1. The summed E-state index contributed by atoms with van der Waals surface area (Å²) < 4.78 is 3.27. The van der Waals surface area contributed by atoms with Crippen molar-refractivity contribution in [2.75, 3.05) is 43.4 Å². The number of hydrogen-bond acceptors (Lipinski definition) is 8. The van der Waals surface area contributed by atoms with E-state index in [2.05, 4.69) is 51.2 Å². The smallest absolute Gasteiger partial charge is 0.278 e. The van der Waals surface area contributed by atoms with Crippen LogP contribution in [0.25, 0.3) is 16.9 Å². The van der Waals surface area contributed by atoms with Crippen LogP contribution in [0.15, 0.2) is 60.0 Å². The lowest BCUT2D eigenvalue weighted by Gasteiger charge is -2.34. The van der Waals surface area contributed by atoms with Gasteiger partial charge in [0.25, 0.3) is 5.56 Å². The molecule has 1 amide bonds. The number of carbonyl (C=O) groups excluding carboxylic acids is 1. The van der Waals surface area contributed by atoms with Gasteiger partial charge in [-0.25, -0.2) is 19.3 Å². The van der Waals surface area contributed by atoms with E-state index in [9.17, 15) is 9.59 Å². The van der Waals surface area contributed by atoms with Gasteiger partial charge in [-0.05, 0) is 62.7 Å². The molecule has 1 fully saturated rings. The van der Waals surface area contributed by atoms with Gasteiger partial charge in [0.05, 0.1) is 17.8 Å². The highest BCUT2D eigenvalue weighted by molar-refractivity contribution is 5.77. The average Bonchev–Trinajstić information content (AvgIpc) is 3.42. The van der Waals surface area contributed by atoms with Crippen LogP contribution in [0.1, 0.15) is 31.5 Å². The fourth-order valence-corrected chi connectivity index (χ4v) is 5.85. The monoisotopic (exact) mass is 553 g/mol. The molecule has 11 heteroatoms. The van der Waals surface area contributed by atoms with Gasteiger partial charge in [0.15, 0.2) is 11.5 Å². The molecule has 11 nitrogen and oxygen atoms in total. The molecule has 4 aromatic rings. The van der Waals surface area contributed by atoms with Crippen molar-refractivity contribution in [1.29, 1.82) is 0 Å². The normalized spacial score (nSPS) is 18.9. The average molecular weight is 554 g/mol. The fraction of sp³-hybridized carbons (Fsp3) is 0.367. The molecule has 2 aliphatic rings. The number of benzene rings is 1. The molecule has 41 heavy (non-hydrogen) atoms. The minimum atomic E-state index is -0.582. The SMILES string of the molecule is C=CCn1c(=O)c2cnc(Nc3ccc(N4CCN(C)CC4)cc3)nc2n1-c1ccc2c(n1)[C@](C)(NC(C)=O)CC2. The maximum absolute atomic E-state index is 13.4. The summed E-state index contributed by atoms with van der Waals surface area (Å²) in [5, 5.41) is 6.73. The number of anilines is 3. The zero-order valence-electron chi connectivity index (χ0n) is 23.7. The third-order valence-electron chi connectivity index (χ3n) is 8.02. The summed E-state index contributed by atoms with van der Waals surface area (Å²) >= 11 is 0. The Morgan fingerprint density at radius 1 is 1.10 bits per heavy atom. The summed E-state index contributed by atoms with van der Waals surface area (Å²) in [7, 11) is 2.15. The molecule has 4 heterocycles. The Morgan fingerprint density at radius 3 is 2.56 bits per heavy atom. The topological polar surface area (TPSA) is 113 Å². The van der Waals surface area contributed by atoms with E-state index in [0.29, 0.717) is 22.8 Å². The summed E-state index contributed by atoms with van der Waals surface area (Å²) in [4.78, 5) is 44.3. The first kappa shape index (κ1) is 26.7. The Labute approximate surface area is 238 Å². The first-order valence-corrected chi connectivity index (χ1v) is 14.0. The number of piperazine rings is 1. The van der Waals surface area contributed by atoms with Crippen LogP contribution in [-0.4, -0.2) is 68.3 Å². The Morgan fingerprint density at radius 2 is 1.85 bits per heavy atom. The molecule has 212 valence electrons. The summed E-state index contributed by atoms with van der Waals surface area (Å²) in [6.45, 7) is 11.7. The van der Waals surface area contributed by atoms with Gasteiger partial charge < -0.3 is 20.4 Å². The Balaban J connectivity index is 1.36. The van der Waals surface area contributed by atoms with E-state index in [1.807, 2.05) is 31.2 Å². The van der Waals surface area contributed by atoms with Crippen LogP contribution in [0.4, 0.5) is 17.3 Å². The van der Waals surface area contributed by atoms with Crippen LogP contribution in [0.2, 0.25) is 0 Å². The van der Waals surface area contributed by atoms with Gasteiger partial charge in [0, 0.05) is 50.7 Å². The zero-order chi connectivity index (χ0) is 28.7. The number of aryl methyl sites for hydroxylation is 1. The van der Waals surface area contributed by atoms with E-state index in [4.69, 9.17) is 9.97 Å². The van der Waals surface area contributed by atoms with Crippen LogP contribution >= 0.6 is 0 Å². The third-order valence-corrected chi connectivity index (χ3v) is 8.02. The number of pyridine rings is 1. The minimum Gasteiger partial charge on any atom is -0.369 e. The number of likely N-dealkylation sites (N-methyl/N-ethyl adjacent to an activating group) is 1. The lowest BCUT2D eigenvalue weighted by atomic mass is 9.99. The van der Waals surface area contributed by atoms with E-state index in [0.717, 1.165) is 56.0 Å². The van der Waals surface area contributed by atoms with Gasteiger partial charge in [0.2, 0.25) is 11.9 Å². The maximum atomic E-state index is 13.4. The van der Waals surface area contributed by atoms with Crippen molar-refractivity contribution in [3.05, 3.63) is 76.9 Å². The van der Waals surface area contributed by atoms with Crippen LogP contribution in [0.5, 0.6) is 0 Å². The highest BCUT2D eigenvalue weighted by atomic mass is 16.1. The van der Waals surface area contributed by atoms with Crippen LogP contribution in [0.3, 0.4) is 0 Å². The molecule has 1 saturated heterocycles. The lowest BCUT2D eigenvalue weighted by Crippen LogP contribution is -2.44. The van der Waals surface area contributed by atoms with Crippen LogP contribution in [-0.2, 0) is 23.3 Å². The number of fused-ring (bicyclic) bond motifs is 2. The van der Waals surface area contributed by atoms with Crippen LogP contribution < -0.4 is 21.1 Å². The standard InChI is InChI=1S/C30H35N9O2/c1-5-14-38-28(41)24-19-31-29(32-22-7-9-23(10-8-22)37-17-15-36(4)16-18-37)34-27(24)39(38)25-11-6-21-12-13-30(3,26(21)33-25)35-20(2)40/h5-11,19H,1,12-18H2,2-4H3,(H,35,40)(H,31,32,34)/t30-/m1/s1. The van der Waals surface area contributed by atoms with E-state index >= 15 is 0 Å². The highest BCUT2D eigenvalue weighted by Crippen LogP contribution is 2.36. The summed E-state index contributed by atoms with van der Waals surface area (Å²) in [6.07, 6.45) is 4.79. The second-order valence-electron chi connectivity index (χ2n) is 11.1. The highest BCUT2D eigenvalue weighted by Gasteiger charge is 2.37. The third kappa shape index (κ3) is 4.97. The number of nitrogens with one attached hydrogen (secondary N) is 2. The summed E-state index contributed by atoms with van der Waals surface area (Å²) in [5.74, 6) is 0.804. The second kappa shape index (κ2) is 10.5. The fourth-order valence-electron chi connectivity index (χ4n) is 5.85. The number of allylic oxidation sites excluding steroid dienone is 1. The molecule has 2 N–H and O–H groups in total. The van der Waals surface area contributed by atoms with Crippen molar-refractivity contribution in [3.63, 3.8) is 0 Å². The molecule has 0 bridgehead atoms. The molecule has 1 aliphatic carbocycles. The molecule has 3 aromatic heterocycles.